The molecule has 0 atom stereocenters. The molecule has 0 bridgehead atoms. The summed E-state index contributed by atoms with van der Waals surface area (Å²) in [6, 6.07) is 4.93. The zero-order valence-electron chi connectivity index (χ0n) is 9.56. The lowest BCUT2D eigenvalue weighted by Gasteiger charge is -2.07. The number of anilines is 1. The van der Waals surface area contributed by atoms with E-state index in [-0.39, 0.29) is 5.75 Å². The number of hydrogen-bond acceptors (Lipinski definition) is 4. The maximum atomic E-state index is 12.0. The van der Waals surface area contributed by atoms with E-state index in [1.54, 1.807) is 36.9 Å². The van der Waals surface area contributed by atoms with Crippen LogP contribution in [0.4, 0.5) is 5.69 Å². The number of nitrogen functional groups attached to an aromatic ring is 1. The van der Waals surface area contributed by atoms with Gasteiger partial charge in [0.2, 0.25) is 0 Å². The van der Waals surface area contributed by atoms with Gasteiger partial charge in [-0.3, -0.25) is 0 Å². The lowest BCUT2D eigenvalue weighted by Crippen LogP contribution is -2.09. The number of thioether (sulfide) groups is 1. The third-order valence-corrected chi connectivity index (χ3v) is 4.95. The fraction of sp³-hybridized carbons (Fsp3) is 0.455. The Labute approximate surface area is 101 Å². The molecule has 0 aliphatic rings. The van der Waals surface area contributed by atoms with Gasteiger partial charge in [0.05, 0.1) is 10.6 Å². The first kappa shape index (κ1) is 13.4. The van der Waals surface area contributed by atoms with E-state index in [2.05, 4.69) is 0 Å². The summed E-state index contributed by atoms with van der Waals surface area (Å²) in [6.45, 7) is 1.78. The molecule has 16 heavy (non-hydrogen) atoms. The van der Waals surface area contributed by atoms with E-state index >= 15 is 0 Å². The highest BCUT2D eigenvalue weighted by atomic mass is 32.2. The van der Waals surface area contributed by atoms with Gasteiger partial charge in [-0.25, -0.2) is 8.42 Å². The second-order valence-corrected chi connectivity index (χ2v) is 6.75. The number of sulfone groups is 1. The summed E-state index contributed by atoms with van der Waals surface area (Å²) >= 11 is 1.66. The topological polar surface area (TPSA) is 60.2 Å². The Hall–Kier alpha value is -0.680. The van der Waals surface area contributed by atoms with Gasteiger partial charge in [0, 0.05) is 5.69 Å². The summed E-state index contributed by atoms with van der Waals surface area (Å²) in [5.74, 6) is 1.08. The monoisotopic (exact) mass is 259 g/mol. The first-order valence-corrected chi connectivity index (χ1v) is 8.10. The molecule has 90 valence electrons. The Morgan fingerprint density at radius 3 is 2.62 bits per heavy atom. The third-order valence-electron chi connectivity index (χ3n) is 2.30. The fourth-order valence-corrected chi connectivity index (χ4v) is 3.71. The van der Waals surface area contributed by atoms with Crippen LogP contribution in [0.25, 0.3) is 0 Å². The molecular weight excluding hydrogens is 242 g/mol. The number of aryl methyl sites for hydroxylation is 1. The highest BCUT2D eigenvalue weighted by Crippen LogP contribution is 2.20. The maximum Gasteiger partial charge on any atom is 0.178 e. The van der Waals surface area contributed by atoms with E-state index < -0.39 is 9.84 Å². The fourth-order valence-electron chi connectivity index (χ4n) is 1.52. The van der Waals surface area contributed by atoms with Crippen molar-refractivity contribution in [3.05, 3.63) is 23.8 Å². The average Bonchev–Trinajstić information content (AvgIpc) is 2.17. The van der Waals surface area contributed by atoms with Gasteiger partial charge >= 0.3 is 0 Å². The zero-order valence-corrected chi connectivity index (χ0v) is 11.2. The second kappa shape index (κ2) is 5.59. The normalized spacial score (nSPS) is 11.6. The van der Waals surface area contributed by atoms with Crippen LogP contribution in [0.5, 0.6) is 0 Å². The highest BCUT2D eigenvalue weighted by Gasteiger charge is 2.16. The molecule has 3 nitrogen and oxygen atoms in total. The lowest BCUT2D eigenvalue weighted by molar-refractivity contribution is 0.594. The van der Waals surface area contributed by atoms with Crippen molar-refractivity contribution in [2.24, 2.45) is 0 Å². The van der Waals surface area contributed by atoms with Gasteiger partial charge in [0.25, 0.3) is 0 Å². The molecule has 0 spiro atoms. The molecule has 0 aromatic heterocycles. The van der Waals surface area contributed by atoms with Crippen LogP contribution in [0.1, 0.15) is 12.0 Å². The predicted molar refractivity (Wildman–Crippen MR) is 70.6 cm³/mol. The van der Waals surface area contributed by atoms with E-state index in [0.717, 1.165) is 11.3 Å². The molecule has 2 N–H and O–H groups in total. The minimum absolute atomic E-state index is 0.207. The summed E-state index contributed by atoms with van der Waals surface area (Å²) in [6.07, 6.45) is 2.66. The number of hydrogen-bond donors (Lipinski definition) is 1. The summed E-state index contributed by atoms with van der Waals surface area (Å²) < 4.78 is 24.0. The molecule has 0 saturated heterocycles. The predicted octanol–water partition coefficient (Wildman–Crippen LogP) is 2.10. The van der Waals surface area contributed by atoms with Crippen LogP contribution in [0.3, 0.4) is 0 Å². The molecule has 0 radical (unpaired) electrons. The van der Waals surface area contributed by atoms with Crippen LogP contribution in [0.2, 0.25) is 0 Å². The van der Waals surface area contributed by atoms with Crippen molar-refractivity contribution < 1.29 is 8.42 Å². The Bertz CT molecular complexity index is 455. The van der Waals surface area contributed by atoms with Gasteiger partial charge in [-0.2, -0.15) is 11.8 Å². The SMILES string of the molecule is CSCCCS(=O)(=O)c1ccc(N)cc1C. The van der Waals surface area contributed by atoms with E-state index in [9.17, 15) is 8.42 Å². The Morgan fingerprint density at radius 1 is 1.38 bits per heavy atom. The van der Waals surface area contributed by atoms with Crippen molar-refractivity contribution in [1.29, 1.82) is 0 Å². The van der Waals surface area contributed by atoms with Crippen LogP contribution in [-0.2, 0) is 9.84 Å². The Balaban J connectivity index is 2.90. The van der Waals surface area contributed by atoms with Gasteiger partial charge in [-0.15, -0.1) is 0 Å². The number of rotatable bonds is 5. The number of benzene rings is 1. The van der Waals surface area contributed by atoms with E-state index in [0.29, 0.717) is 17.0 Å². The van der Waals surface area contributed by atoms with E-state index in [1.807, 2.05) is 6.26 Å². The minimum Gasteiger partial charge on any atom is -0.399 e. The summed E-state index contributed by atoms with van der Waals surface area (Å²) in [5.41, 5.74) is 6.92. The molecule has 5 heteroatoms. The molecule has 0 aliphatic heterocycles. The standard InChI is InChI=1S/C11H17NO2S2/c1-9-8-10(12)4-5-11(9)16(13,14)7-3-6-15-2/h4-5,8H,3,6-7,12H2,1-2H3. The molecule has 0 fully saturated rings. The van der Waals surface area contributed by atoms with Crippen molar-refractivity contribution in [2.75, 3.05) is 23.5 Å². The van der Waals surface area contributed by atoms with Crippen LogP contribution in [-0.4, -0.2) is 26.2 Å². The molecule has 0 unspecified atom stereocenters. The van der Waals surface area contributed by atoms with Crippen molar-refractivity contribution >= 4 is 27.3 Å². The van der Waals surface area contributed by atoms with Crippen LogP contribution >= 0.6 is 11.8 Å². The molecular formula is C11H17NO2S2. The van der Waals surface area contributed by atoms with Crippen molar-refractivity contribution in [1.82, 2.24) is 0 Å². The van der Waals surface area contributed by atoms with Gasteiger partial charge < -0.3 is 5.73 Å². The van der Waals surface area contributed by atoms with Crippen LogP contribution < -0.4 is 5.73 Å². The quantitative estimate of drug-likeness (QED) is 0.650. The Morgan fingerprint density at radius 2 is 2.06 bits per heavy atom. The first-order chi connectivity index (χ1) is 7.47. The molecule has 1 aromatic rings. The second-order valence-electron chi connectivity index (χ2n) is 3.69. The largest absolute Gasteiger partial charge is 0.399 e. The molecule has 0 aliphatic carbocycles. The number of nitrogens with two attached hydrogens (primary N) is 1. The average molecular weight is 259 g/mol. The summed E-state index contributed by atoms with van der Waals surface area (Å²) in [5, 5.41) is 0. The molecule has 1 rings (SSSR count). The lowest BCUT2D eigenvalue weighted by atomic mass is 10.2. The smallest absolute Gasteiger partial charge is 0.178 e. The van der Waals surface area contributed by atoms with Crippen molar-refractivity contribution in [3.8, 4) is 0 Å². The molecule has 0 amide bonds. The van der Waals surface area contributed by atoms with Crippen LogP contribution in [0, 0.1) is 6.92 Å². The van der Waals surface area contributed by atoms with Crippen molar-refractivity contribution in [3.63, 3.8) is 0 Å². The van der Waals surface area contributed by atoms with Crippen LogP contribution in [0.15, 0.2) is 23.1 Å². The summed E-state index contributed by atoms with van der Waals surface area (Å²) in [7, 11) is -3.15. The Kier molecular flexibility index (Phi) is 4.68. The third kappa shape index (κ3) is 3.42. The molecule has 0 heterocycles. The maximum absolute atomic E-state index is 12.0. The van der Waals surface area contributed by atoms with Gasteiger partial charge in [0.15, 0.2) is 9.84 Å². The van der Waals surface area contributed by atoms with Crippen molar-refractivity contribution in [2.45, 2.75) is 18.2 Å². The first-order valence-electron chi connectivity index (χ1n) is 5.05. The molecule has 0 saturated carbocycles. The van der Waals surface area contributed by atoms with Gasteiger partial charge in [-0.05, 0) is 49.1 Å². The van der Waals surface area contributed by atoms with Gasteiger partial charge in [0.1, 0.15) is 0 Å². The highest BCUT2D eigenvalue weighted by molar-refractivity contribution is 7.98. The van der Waals surface area contributed by atoms with Gasteiger partial charge in [-0.1, -0.05) is 0 Å². The van der Waals surface area contributed by atoms with E-state index in [1.165, 1.54) is 0 Å². The summed E-state index contributed by atoms with van der Waals surface area (Å²) in [4.78, 5) is 0.405. The zero-order chi connectivity index (χ0) is 12.2. The minimum atomic E-state index is -3.15. The molecule has 1 aromatic carbocycles. The van der Waals surface area contributed by atoms with E-state index in [4.69, 9.17) is 5.73 Å².